The monoisotopic (exact) mass is 288 g/mol. The Balaban J connectivity index is 2.12. The molecule has 0 atom stereocenters. The van der Waals surface area contributed by atoms with E-state index in [1.54, 1.807) is 11.3 Å². The molecule has 100 valence electrons. The van der Waals surface area contributed by atoms with Crippen LogP contribution in [0.4, 0.5) is 0 Å². The van der Waals surface area contributed by atoms with E-state index >= 15 is 0 Å². The third-order valence-corrected chi connectivity index (χ3v) is 5.00. The van der Waals surface area contributed by atoms with Crippen LogP contribution in [0.25, 0.3) is 31.3 Å². The molecule has 4 aromatic rings. The average molecular weight is 288 g/mol. The molecule has 0 aliphatic carbocycles. The van der Waals surface area contributed by atoms with Crippen molar-refractivity contribution in [2.45, 2.75) is 0 Å². The zero-order valence-electron chi connectivity index (χ0n) is 11.2. The van der Waals surface area contributed by atoms with Crippen LogP contribution in [0.3, 0.4) is 0 Å². The van der Waals surface area contributed by atoms with Gasteiger partial charge in [0.15, 0.2) is 6.29 Å². The molecule has 0 saturated heterocycles. The summed E-state index contributed by atoms with van der Waals surface area (Å²) in [4.78, 5) is 11.3. The summed E-state index contributed by atoms with van der Waals surface area (Å²) >= 11 is 1.79. The van der Waals surface area contributed by atoms with Gasteiger partial charge < -0.3 is 0 Å². The van der Waals surface area contributed by atoms with Gasteiger partial charge in [0, 0.05) is 31.3 Å². The van der Waals surface area contributed by atoms with E-state index in [1.807, 2.05) is 24.3 Å². The summed E-state index contributed by atoms with van der Waals surface area (Å²) in [6.45, 7) is 0. The number of thiophene rings is 1. The van der Waals surface area contributed by atoms with Crippen molar-refractivity contribution in [3.05, 3.63) is 72.3 Å². The third-order valence-electron chi connectivity index (χ3n) is 3.78. The van der Waals surface area contributed by atoms with Crippen LogP contribution in [0.2, 0.25) is 0 Å². The highest BCUT2D eigenvalue weighted by atomic mass is 32.1. The number of hydrogen-bond donors (Lipinski definition) is 0. The Morgan fingerprint density at radius 2 is 1.43 bits per heavy atom. The van der Waals surface area contributed by atoms with Gasteiger partial charge in [0.2, 0.25) is 0 Å². The van der Waals surface area contributed by atoms with Gasteiger partial charge in [-0.1, -0.05) is 60.7 Å². The van der Waals surface area contributed by atoms with Gasteiger partial charge in [-0.05, 0) is 11.6 Å². The minimum Gasteiger partial charge on any atom is -0.298 e. The highest BCUT2D eigenvalue weighted by molar-refractivity contribution is 7.26. The maximum atomic E-state index is 11.3. The molecule has 0 aliphatic heterocycles. The van der Waals surface area contributed by atoms with Gasteiger partial charge in [-0.25, -0.2) is 0 Å². The van der Waals surface area contributed by atoms with E-state index < -0.39 is 0 Å². The molecule has 1 heterocycles. The molecular weight excluding hydrogens is 276 g/mol. The largest absolute Gasteiger partial charge is 0.298 e. The summed E-state index contributed by atoms with van der Waals surface area (Å²) in [5.41, 5.74) is 2.88. The molecule has 1 nitrogen and oxygen atoms in total. The quantitative estimate of drug-likeness (QED) is 0.443. The van der Waals surface area contributed by atoms with E-state index in [9.17, 15) is 4.79 Å². The fourth-order valence-corrected chi connectivity index (χ4v) is 4.03. The molecule has 0 unspecified atom stereocenters. The second-order valence-electron chi connectivity index (χ2n) is 4.99. The minimum absolute atomic E-state index is 0.738. The first-order valence-corrected chi connectivity index (χ1v) is 7.65. The number of carbonyl (C=O) groups is 1. The molecule has 0 aliphatic rings. The lowest BCUT2D eigenvalue weighted by Gasteiger charge is -2.06. The summed E-state index contributed by atoms with van der Waals surface area (Å²) in [6, 6.07) is 22.5. The summed E-state index contributed by atoms with van der Waals surface area (Å²) in [5, 5.41) is 2.54. The van der Waals surface area contributed by atoms with Crippen molar-refractivity contribution in [1.82, 2.24) is 0 Å². The topological polar surface area (TPSA) is 17.1 Å². The molecule has 0 N–H and O–H groups in total. The Morgan fingerprint density at radius 1 is 0.714 bits per heavy atom. The van der Waals surface area contributed by atoms with E-state index in [0.29, 0.717) is 0 Å². The normalized spacial score (nSPS) is 11.0. The zero-order chi connectivity index (χ0) is 14.2. The van der Waals surface area contributed by atoms with Crippen LogP contribution in [0.1, 0.15) is 10.4 Å². The van der Waals surface area contributed by atoms with E-state index in [0.717, 1.165) is 23.0 Å². The van der Waals surface area contributed by atoms with Crippen molar-refractivity contribution in [3.8, 4) is 11.1 Å². The number of rotatable bonds is 2. The summed E-state index contributed by atoms with van der Waals surface area (Å²) < 4.78 is 2.52. The van der Waals surface area contributed by atoms with Crippen LogP contribution in [0.15, 0.2) is 66.7 Å². The van der Waals surface area contributed by atoms with Crippen molar-refractivity contribution in [3.63, 3.8) is 0 Å². The fourth-order valence-electron chi connectivity index (χ4n) is 2.80. The number of hydrogen-bond acceptors (Lipinski definition) is 2. The first kappa shape index (κ1) is 12.3. The van der Waals surface area contributed by atoms with Crippen LogP contribution in [0.5, 0.6) is 0 Å². The molecule has 0 fully saturated rings. The highest BCUT2D eigenvalue weighted by Gasteiger charge is 2.11. The Kier molecular flexibility index (Phi) is 2.83. The lowest BCUT2D eigenvalue weighted by molar-refractivity contribution is 0.112. The molecule has 4 rings (SSSR count). The maximum absolute atomic E-state index is 11.3. The van der Waals surface area contributed by atoms with E-state index in [4.69, 9.17) is 0 Å². The number of benzene rings is 3. The number of fused-ring (bicyclic) bond motifs is 3. The highest BCUT2D eigenvalue weighted by Crippen LogP contribution is 2.40. The molecule has 0 bridgehead atoms. The van der Waals surface area contributed by atoms with Crippen LogP contribution in [0, 0.1) is 0 Å². The molecule has 0 spiro atoms. The van der Waals surface area contributed by atoms with Crippen molar-refractivity contribution < 1.29 is 4.79 Å². The first-order valence-electron chi connectivity index (χ1n) is 6.83. The summed E-state index contributed by atoms with van der Waals surface area (Å²) in [5.74, 6) is 0. The zero-order valence-corrected chi connectivity index (χ0v) is 12.1. The molecule has 21 heavy (non-hydrogen) atoms. The van der Waals surface area contributed by atoms with Gasteiger partial charge in [-0.2, -0.15) is 0 Å². The minimum atomic E-state index is 0.738. The lowest BCUT2D eigenvalue weighted by Crippen LogP contribution is -1.86. The molecule has 0 saturated carbocycles. The van der Waals surface area contributed by atoms with E-state index in [2.05, 4.69) is 42.5 Å². The SMILES string of the molecule is O=Cc1ccccc1-c1cccc2c1sc1ccccc12. The van der Waals surface area contributed by atoms with Gasteiger partial charge >= 0.3 is 0 Å². The molecule has 0 radical (unpaired) electrons. The molecule has 2 heteroatoms. The average Bonchev–Trinajstić information content (AvgIpc) is 2.93. The van der Waals surface area contributed by atoms with E-state index in [1.165, 1.54) is 20.2 Å². The Morgan fingerprint density at radius 3 is 2.33 bits per heavy atom. The lowest BCUT2D eigenvalue weighted by atomic mass is 9.99. The summed E-state index contributed by atoms with van der Waals surface area (Å²) in [7, 11) is 0. The van der Waals surface area contributed by atoms with Crippen molar-refractivity contribution in [2.75, 3.05) is 0 Å². The smallest absolute Gasteiger partial charge is 0.150 e. The molecule has 1 aromatic heterocycles. The Labute approximate surface area is 126 Å². The number of aldehydes is 1. The molecule has 0 amide bonds. The van der Waals surface area contributed by atoms with Crippen LogP contribution in [-0.2, 0) is 0 Å². The van der Waals surface area contributed by atoms with Crippen LogP contribution >= 0.6 is 11.3 Å². The standard InChI is InChI=1S/C19H12OS/c20-12-13-6-1-2-7-14(13)16-9-5-10-17-15-8-3-4-11-18(15)21-19(16)17/h1-12H. The molecular formula is C19H12OS. The second-order valence-corrected chi connectivity index (χ2v) is 6.04. The van der Waals surface area contributed by atoms with Gasteiger partial charge in [-0.15, -0.1) is 11.3 Å². The van der Waals surface area contributed by atoms with E-state index in [-0.39, 0.29) is 0 Å². The fraction of sp³-hybridized carbons (Fsp3) is 0. The second kappa shape index (κ2) is 4.83. The van der Waals surface area contributed by atoms with Crippen molar-refractivity contribution in [2.24, 2.45) is 0 Å². The third kappa shape index (κ3) is 1.88. The Bertz CT molecular complexity index is 966. The van der Waals surface area contributed by atoms with Crippen LogP contribution < -0.4 is 0 Å². The molecule has 3 aromatic carbocycles. The van der Waals surface area contributed by atoms with Gasteiger partial charge in [0.25, 0.3) is 0 Å². The maximum Gasteiger partial charge on any atom is 0.150 e. The first-order chi connectivity index (χ1) is 10.4. The predicted molar refractivity (Wildman–Crippen MR) is 90.2 cm³/mol. The van der Waals surface area contributed by atoms with Crippen LogP contribution in [-0.4, -0.2) is 6.29 Å². The van der Waals surface area contributed by atoms with Crippen molar-refractivity contribution >= 4 is 37.8 Å². The van der Waals surface area contributed by atoms with Gasteiger partial charge in [0.1, 0.15) is 0 Å². The van der Waals surface area contributed by atoms with Crippen molar-refractivity contribution in [1.29, 1.82) is 0 Å². The Hall–Kier alpha value is -2.45. The van der Waals surface area contributed by atoms with Gasteiger partial charge in [-0.3, -0.25) is 4.79 Å². The summed E-state index contributed by atoms with van der Waals surface area (Å²) in [6.07, 6.45) is 0.932. The number of carbonyl (C=O) groups excluding carboxylic acids is 1. The van der Waals surface area contributed by atoms with Gasteiger partial charge in [0.05, 0.1) is 0 Å². The predicted octanol–water partition coefficient (Wildman–Crippen LogP) is 5.53.